The van der Waals surface area contributed by atoms with Crippen LogP contribution in [-0.4, -0.2) is 49.5 Å². The Morgan fingerprint density at radius 2 is 1.96 bits per heavy atom. The molecule has 2 aromatic rings. The Balaban J connectivity index is 1.79. The average molecular weight is 310 g/mol. The van der Waals surface area contributed by atoms with Gasteiger partial charge in [0.05, 0.1) is 0 Å². The number of carbonyl (C=O) groups excluding carboxylic acids is 1. The molecular formula is C18H22N4O. The molecule has 1 aromatic carbocycles. The molecule has 1 aliphatic heterocycles. The van der Waals surface area contributed by atoms with Crippen LogP contribution in [0.15, 0.2) is 48.5 Å². The van der Waals surface area contributed by atoms with Crippen LogP contribution in [0.2, 0.25) is 0 Å². The second-order valence-electron chi connectivity index (χ2n) is 5.94. The summed E-state index contributed by atoms with van der Waals surface area (Å²) in [5.41, 5.74) is 1.76. The zero-order valence-corrected chi connectivity index (χ0v) is 13.6. The number of benzene rings is 1. The molecule has 1 aliphatic rings. The minimum absolute atomic E-state index is 0.0680. The van der Waals surface area contributed by atoms with Crippen molar-refractivity contribution in [1.82, 2.24) is 15.2 Å². The van der Waals surface area contributed by atoms with Gasteiger partial charge < -0.3 is 15.1 Å². The Labute approximate surface area is 136 Å². The molecule has 0 bridgehead atoms. The van der Waals surface area contributed by atoms with Gasteiger partial charge >= 0.3 is 0 Å². The van der Waals surface area contributed by atoms with E-state index in [9.17, 15) is 4.79 Å². The molecule has 1 saturated heterocycles. The van der Waals surface area contributed by atoms with Crippen LogP contribution in [-0.2, 0) is 0 Å². The van der Waals surface area contributed by atoms with Crippen molar-refractivity contribution in [2.45, 2.75) is 6.04 Å². The maximum atomic E-state index is 12.1. The van der Waals surface area contributed by atoms with Crippen molar-refractivity contribution in [3.05, 3.63) is 59.8 Å². The van der Waals surface area contributed by atoms with Crippen LogP contribution < -0.4 is 10.2 Å². The first-order valence-electron chi connectivity index (χ1n) is 7.87. The van der Waals surface area contributed by atoms with Gasteiger partial charge in [-0.3, -0.25) is 4.79 Å². The number of pyridine rings is 1. The summed E-state index contributed by atoms with van der Waals surface area (Å²) in [5.74, 6) is 0.793. The van der Waals surface area contributed by atoms with Crippen molar-refractivity contribution in [2.24, 2.45) is 0 Å². The van der Waals surface area contributed by atoms with Gasteiger partial charge in [-0.05, 0) is 17.7 Å². The summed E-state index contributed by atoms with van der Waals surface area (Å²) in [7, 11) is 3.49. The van der Waals surface area contributed by atoms with Crippen LogP contribution in [0, 0.1) is 0 Å². The van der Waals surface area contributed by atoms with Crippen LogP contribution in [0.3, 0.4) is 0 Å². The van der Waals surface area contributed by atoms with Crippen molar-refractivity contribution in [3.8, 4) is 0 Å². The van der Waals surface area contributed by atoms with Crippen molar-refractivity contribution in [2.75, 3.05) is 38.6 Å². The number of aromatic nitrogens is 1. The summed E-state index contributed by atoms with van der Waals surface area (Å²) in [4.78, 5) is 20.4. The van der Waals surface area contributed by atoms with E-state index in [0.717, 1.165) is 25.5 Å². The van der Waals surface area contributed by atoms with Crippen molar-refractivity contribution >= 4 is 11.7 Å². The van der Waals surface area contributed by atoms with Crippen LogP contribution in [0.1, 0.15) is 22.1 Å². The van der Waals surface area contributed by atoms with Gasteiger partial charge in [0.15, 0.2) is 0 Å². The van der Waals surface area contributed by atoms with Gasteiger partial charge in [-0.2, -0.15) is 0 Å². The van der Waals surface area contributed by atoms with Crippen LogP contribution in [0.25, 0.3) is 0 Å². The summed E-state index contributed by atoms with van der Waals surface area (Å²) in [6.45, 7) is 2.62. The SMILES string of the molecule is CN(C)C(=O)c1cccc(N2CCN[C@H](c3ccccc3)C2)n1. The molecule has 1 amide bonds. The number of piperazine rings is 1. The molecule has 1 N–H and O–H groups in total. The van der Waals surface area contributed by atoms with E-state index in [1.807, 2.05) is 18.2 Å². The summed E-state index contributed by atoms with van der Waals surface area (Å²) in [5, 5.41) is 3.55. The molecule has 2 heterocycles. The standard InChI is InChI=1S/C18H22N4O/c1-21(2)18(23)15-9-6-10-17(20-15)22-12-11-19-16(13-22)14-7-4-3-5-8-14/h3-10,16,19H,11-13H2,1-2H3/t16-/m0/s1. The number of rotatable bonds is 3. The molecule has 0 aliphatic carbocycles. The van der Waals surface area contributed by atoms with Crippen LogP contribution in [0.5, 0.6) is 0 Å². The third-order valence-corrected chi connectivity index (χ3v) is 4.06. The number of anilines is 1. The van der Waals surface area contributed by atoms with Gasteiger partial charge in [0.1, 0.15) is 11.5 Å². The third-order valence-electron chi connectivity index (χ3n) is 4.06. The Morgan fingerprint density at radius 3 is 2.70 bits per heavy atom. The molecular weight excluding hydrogens is 288 g/mol. The third kappa shape index (κ3) is 3.51. The van der Waals surface area contributed by atoms with E-state index in [-0.39, 0.29) is 11.9 Å². The smallest absolute Gasteiger partial charge is 0.272 e. The van der Waals surface area contributed by atoms with Gasteiger partial charge in [0.2, 0.25) is 0 Å². The molecule has 120 valence electrons. The number of carbonyl (C=O) groups is 1. The highest BCUT2D eigenvalue weighted by atomic mass is 16.2. The number of nitrogens with one attached hydrogen (secondary N) is 1. The molecule has 1 fully saturated rings. The summed E-state index contributed by atoms with van der Waals surface area (Å²) < 4.78 is 0. The Bertz CT molecular complexity index is 672. The molecule has 0 unspecified atom stereocenters. The number of amides is 1. The van der Waals surface area contributed by atoms with Gasteiger partial charge in [-0.15, -0.1) is 0 Å². The predicted molar refractivity (Wildman–Crippen MR) is 91.7 cm³/mol. The lowest BCUT2D eigenvalue weighted by Gasteiger charge is -2.35. The van der Waals surface area contributed by atoms with E-state index in [4.69, 9.17) is 0 Å². The lowest BCUT2D eigenvalue weighted by Crippen LogP contribution is -2.46. The maximum Gasteiger partial charge on any atom is 0.272 e. The molecule has 0 saturated carbocycles. The second kappa shape index (κ2) is 6.79. The number of nitrogens with zero attached hydrogens (tertiary/aromatic N) is 3. The molecule has 0 spiro atoms. The fourth-order valence-corrected chi connectivity index (χ4v) is 2.81. The highest BCUT2D eigenvalue weighted by Gasteiger charge is 2.22. The summed E-state index contributed by atoms with van der Waals surface area (Å²) in [6, 6.07) is 16.3. The first kappa shape index (κ1) is 15.5. The van der Waals surface area contributed by atoms with E-state index in [1.165, 1.54) is 5.56 Å². The predicted octanol–water partition coefficient (Wildman–Crippen LogP) is 1.93. The molecule has 5 nitrogen and oxygen atoms in total. The normalized spacial score (nSPS) is 17.8. The molecule has 1 atom stereocenters. The lowest BCUT2D eigenvalue weighted by molar-refractivity contribution is 0.0822. The maximum absolute atomic E-state index is 12.1. The molecule has 3 rings (SSSR count). The Hall–Kier alpha value is -2.40. The van der Waals surface area contributed by atoms with Crippen molar-refractivity contribution in [3.63, 3.8) is 0 Å². The molecule has 0 radical (unpaired) electrons. The molecule has 5 heteroatoms. The monoisotopic (exact) mass is 310 g/mol. The Kier molecular flexibility index (Phi) is 4.57. The quantitative estimate of drug-likeness (QED) is 0.941. The van der Waals surface area contributed by atoms with E-state index in [2.05, 4.69) is 39.5 Å². The van der Waals surface area contributed by atoms with Gasteiger partial charge in [-0.1, -0.05) is 36.4 Å². The van der Waals surface area contributed by atoms with E-state index in [1.54, 1.807) is 25.1 Å². The average Bonchev–Trinajstić information content (AvgIpc) is 2.62. The van der Waals surface area contributed by atoms with Crippen LogP contribution >= 0.6 is 0 Å². The minimum Gasteiger partial charge on any atom is -0.353 e. The van der Waals surface area contributed by atoms with E-state index in [0.29, 0.717) is 5.69 Å². The van der Waals surface area contributed by atoms with Gasteiger partial charge in [0.25, 0.3) is 5.91 Å². The first-order chi connectivity index (χ1) is 11.1. The van der Waals surface area contributed by atoms with E-state index >= 15 is 0 Å². The van der Waals surface area contributed by atoms with Gasteiger partial charge in [0, 0.05) is 39.8 Å². The zero-order valence-electron chi connectivity index (χ0n) is 13.6. The number of hydrogen-bond acceptors (Lipinski definition) is 4. The minimum atomic E-state index is -0.0680. The summed E-state index contributed by atoms with van der Waals surface area (Å²) in [6.07, 6.45) is 0. The number of hydrogen-bond donors (Lipinski definition) is 1. The first-order valence-corrected chi connectivity index (χ1v) is 7.87. The second-order valence-corrected chi connectivity index (χ2v) is 5.94. The Morgan fingerprint density at radius 1 is 1.17 bits per heavy atom. The lowest BCUT2D eigenvalue weighted by atomic mass is 10.0. The molecule has 1 aromatic heterocycles. The fourth-order valence-electron chi connectivity index (χ4n) is 2.81. The van der Waals surface area contributed by atoms with Gasteiger partial charge in [-0.25, -0.2) is 4.98 Å². The topological polar surface area (TPSA) is 48.5 Å². The molecule has 23 heavy (non-hydrogen) atoms. The fraction of sp³-hybridized carbons (Fsp3) is 0.333. The van der Waals surface area contributed by atoms with Crippen molar-refractivity contribution in [1.29, 1.82) is 0 Å². The van der Waals surface area contributed by atoms with Crippen molar-refractivity contribution < 1.29 is 4.79 Å². The highest BCUT2D eigenvalue weighted by Crippen LogP contribution is 2.21. The van der Waals surface area contributed by atoms with Crippen LogP contribution in [0.4, 0.5) is 5.82 Å². The zero-order chi connectivity index (χ0) is 16.2. The largest absolute Gasteiger partial charge is 0.353 e. The summed E-state index contributed by atoms with van der Waals surface area (Å²) >= 11 is 0. The van der Waals surface area contributed by atoms with E-state index < -0.39 is 0 Å². The highest BCUT2D eigenvalue weighted by molar-refractivity contribution is 5.92.